The molecule has 0 unspecified atom stereocenters. The lowest BCUT2D eigenvalue weighted by Gasteiger charge is -2.30. The van der Waals surface area contributed by atoms with Gasteiger partial charge in [-0.3, -0.25) is 4.79 Å². The smallest absolute Gasteiger partial charge is 0.260 e. The number of likely N-dealkylation sites (tertiary alicyclic amines) is 1. The molecule has 2 heterocycles. The summed E-state index contributed by atoms with van der Waals surface area (Å²) in [4.78, 5) is 13.5. The van der Waals surface area contributed by atoms with Gasteiger partial charge in [0.15, 0.2) is 6.61 Å². The van der Waals surface area contributed by atoms with Gasteiger partial charge in [0.2, 0.25) is 0 Å². The average molecular weight is 309 g/mol. The van der Waals surface area contributed by atoms with E-state index < -0.39 is 0 Å². The first-order chi connectivity index (χ1) is 9.83. The molecule has 1 aromatic carbocycles. The predicted molar refractivity (Wildman–Crippen MR) is 85.4 cm³/mol. The van der Waals surface area contributed by atoms with E-state index in [9.17, 15) is 4.79 Å². The summed E-state index contributed by atoms with van der Waals surface area (Å²) in [5, 5.41) is 0. The van der Waals surface area contributed by atoms with Gasteiger partial charge in [-0.1, -0.05) is 12.1 Å². The van der Waals surface area contributed by atoms with Gasteiger partial charge in [-0.2, -0.15) is 0 Å². The Bertz CT molecular complexity index is 453. The van der Waals surface area contributed by atoms with Crippen molar-refractivity contribution in [1.82, 2.24) is 4.90 Å². The number of ether oxygens (including phenoxy) is 1. The number of rotatable bonds is 4. The lowest BCUT2D eigenvalue weighted by atomic mass is 10.2. The molecule has 0 radical (unpaired) electrons. The molecule has 0 aliphatic carbocycles. The van der Waals surface area contributed by atoms with Crippen molar-refractivity contribution in [3.63, 3.8) is 0 Å². The first kappa shape index (κ1) is 14.1. The fourth-order valence-electron chi connectivity index (χ4n) is 2.20. The van der Waals surface area contributed by atoms with Gasteiger partial charge in [0, 0.05) is 13.1 Å². The monoisotopic (exact) mass is 309 g/mol. The molecule has 1 aromatic rings. The Morgan fingerprint density at radius 3 is 2.45 bits per heavy atom. The summed E-state index contributed by atoms with van der Waals surface area (Å²) in [6.45, 7) is 1.93. The summed E-state index contributed by atoms with van der Waals surface area (Å²) >= 11 is 4.03. The Morgan fingerprint density at radius 2 is 1.85 bits per heavy atom. The van der Waals surface area contributed by atoms with Gasteiger partial charge in [0.05, 0.1) is 4.58 Å². The van der Waals surface area contributed by atoms with Crippen molar-refractivity contribution in [3.05, 3.63) is 29.8 Å². The second-order valence-corrected chi connectivity index (χ2v) is 7.74. The first-order valence-corrected chi connectivity index (χ1v) is 9.16. The summed E-state index contributed by atoms with van der Waals surface area (Å²) in [7, 11) is 0. The molecule has 0 aromatic heterocycles. The second-order valence-electron chi connectivity index (χ2n) is 5.02. The van der Waals surface area contributed by atoms with Crippen LogP contribution >= 0.6 is 23.5 Å². The van der Waals surface area contributed by atoms with Crippen LogP contribution in [0.4, 0.5) is 0 Å². The molecule has 20 heavy (non-hydrogen) atoms. The molecule has 0 saturated carbocycles. The zero-order valence-corrected chi connectivity index (χ0v) is 13.0. The van der Waals surface area contributed by atoms with Crippen LogP contribution in [0.2, 0.25) is 0 Å². The number of amides is 1. The minimum atomic E-state index is 0.0960. The maximum absolute atomic E-state index is 11.7. The van der Waals surface area contributed by atoms with Crippen LogP contribution in [0.3, 0.4) is 0 Å². The SMILES string of the molecule is O=C(COc1ccc(C2SCCCS2)cc1)N1CCC1. The maximum atomic E-state index is 11.7. The van der Waals surface area contributed by atoms with Crippen LogP contribution in [-0.2, 0) is 4.79 Å². The molecular formula is C15H19NO2S2. The van der Waals surface area contributed by atoms with E-state index in [1.807, 2.05) is 40.6 Å². The van der Waals surface area contributed by atoms with Crippen molar-refractivity contribution >= 4 is 29.4 Å². The van der Waals surface area contributed by atoms with Gasteiger partial charge in [-0.15, -0.1) is 23.5 Å². The van der Waals surface area contributed by atoms with E-state index >= 15 is 0 Å². The fraction of sp³-hybridized carbons (Fsp3) is 0.533. The molecule has 2 fully saturated rings. The number of nitrogens with zero attached hydrogens (tertiary/aromatic N) is 1. The molecule has 0 spiro atoms. The molecule has 2 saturated heterocycles. The van der Waals surface area contributed by atoms with Crippen molar-refractivity contribution < 1.29 is 9.53 Å². The molecule has 108 valence electrons. The molecule has 2 aliphatic rings. The molecule has 0 atom stereocenters. The standard InChI is InChI=1S/C15H19NO2S2/c17-14(16-7-1-8-16)11-18-13-5-3-12(4-6-13)15-19-9-2-10-20-15/h3-6,15H,1-2,7-11H2. The highest BCUT2D eigenvalue weighted by molar-refractivity contribution is 8.16. The van der Waals surface area contributed by atoms with E-state index in [2.05, 4.69) is 12.1 Å². The average Bonchev–Trinajstić information content (AvgIpc) is 2.45. The molecule has 3 nitrogen and oxygen atoms in total. The lowest BCUT2D eigenvalue weighted by molar-refractivity contribution is -0.136. The van der Waals surface area contributed by atoms with E-state index in [0.29, 0.717) is 4.58 Å². The third kappa shape index (κ3) is 3.44. The Morgan fingerprint density at radius 1 is 1.15 bits per heavy atom. The number of benzene rings is 1. The zero-order chi connectivity index (χ0) is 13.8. The number of hydrogen-bond acceptors (Lipinski definition) is 4. The van der Waals surface area contributed by atoms with Crippen LogP contribution < -0.4 is 4.74 Å². The van der Waals surface area contributed by atoms with Crippen molar-refractivity contribution in [1.29, 1.82) is 0 Å². The predicted octanol–water partition coefficient (Wildman–Crippen LogP) is 3.17. The number of carbonyl (C=O) groups excluding carboxylic acids is 1. The molecule has 0 N–H and O–H groups in total. The zero-order valence-electron chi connectivity index (χ0n) is 11.4. The van der Waals surface area contributed by atoms with Gasteiger partial charge < -0.3 is 9.64 Å². The quantitative estimate of drug-likeness (QED) is 0.854. The Hall–Kier alpha value is -0.810. The van der Waals surface area contributed by atoms with Crippen molar-refractivity contribution in [2.75, 3.05) is 31.2 Å². The molecule has 0 bridgehead atoms. The third-order valence-corrected chi connectivity index (χ3v) is 6.57. The summed E-state index contributed by atoms with van der Waals surface area (Å²) in [5.41, 5.74) is 1.35. The van der Waals surface area contributed by atoms with Gasteiger partial charge in [-0.25, -0.2) is 0 Å². The number of hydrogen-bond donors (Lipinski definition) is 0. The van der Waals surface area contributed by atoms with Crippen molar-refractivity contribution in [2.24, 2.45) is 0 Å². The fourth-order valence-corrected chi connectivity index (χ4v) is 5.10. The van der Waals surface area contributed by atoms with E-state index in [0.717, 1.165) is 25.3 Å². The van der Waals surface area contributed by atoms with Crippen molar-refractivity contribution in [3.8, 4) is 5.75 Å². The summed E-state index contributed by atoms with van der Waals surface area (Å²) < 4.78 is 6.12. The van der Waals surface area contributed by atoms with Gasteiger partial charge in [-0.05, 0) is 42.0 Å². The minimum Gasteiger partial charge on any atom is -0.484 e. The summed E-state index contributed by atoms with van der Waals surface area (Å²) in [5.74, 6) is 3.38. The molecule has 2 aliphatic heterocycles. The van der Waals surface area contributed by atoms with Crippen LogP contribution in [-0.4, -0.2) is 42.0 Å². The summed E-state index contributed by atoms with van der Waals surface area (Å²) in [6.07, 6.45) is 2.43. The largest absolute Gasteiger partial charge is 0.484 e. The van der Waals surface area contributed by atoms with E-state index in [-0.39, 0.29) is 12.5 Å². The lowest BCUT2D eigenvalue weighted by Crippen LogP contribution is -2.44. The van der Waals surface area contributed by atoms with Crippen LogP contribution in [0.25, 0.3) is 0 Å². The topological polar surface area (TPSA) is 29.5 Å². The van der Waals surface area contributed by atoms with Crippen LogP contribution in [0.1, 0.15) is 23.0 Å². The highest BCUT2D eigenvalue weighted by Crippen LogP contribution is 2.43. The maximum Gasteiger partial charge on any atom is 0.260 e. The first-order valence-electron chi connectivity index (χ1n) is 7.07. The Kier molecular flexibility index (Phi) is 4.78. The van der Waals surface area contributed by atoms with E-state index in [1.54, 1.807) is 0 Å². The van der Waals surface area contributed by atoms with Gasteiger partial charge in [0.1, 0.15) is 5.75 Å². The van der Waals surface area contributed by atoms with Gasteiger partial charge >= 0.3 is 0 Å². The normalized spacial score (nSPS) is 19.5. The molecular weight excluding hydrogens is 290 g/mol. The molecule has 3 rings (SSSR count). The van der Waals surface area contributed by atoms with E-state index in [1.165, 1.54) is 23.5 Å². The Balaban J connectivity index is 1.51. The highest BCUT2D eigenvalue weighted by atomic mass is 32.2. The Labute approximate surface area is 128 Å². The third-order valence-electron chi connectivity index (χ3n) is 3.55. The van der Waals surface area contributed by atoms with Crippen LogP contribution in [0, 0.1) is 0 Å². The second kappa shape index (κ2) is 6.76. The molecule has 5 heteroatoms. The van der Waals surface area contributed by atoms with Crippen LogP contribution in [0.15, 0.2) is 24.3 Å². The van der Waals surface area contributed by atoms with Crippen molar-refractivity contribution in [2.45, 2.75) is 17.4 Å². The number of thioether (sulfide) groups is 2. The van der Waals surface area contributed by atoms with E-state index in [4.69, 9.17) is 4.74 Å². The number of carbonyl (C=O) groups is 1. The molecule has 1 amide bonds. The minimum absolute atomic E-state index is 0.0960. The highest BCUT2D eigenvalue weighted by Gasteiger charge is 2.20. The summed E-state index contributed by atoms with van der Waals surface area (Å²) in [6, 6.07) is 8.21. The van der Waals surface area contributed by atoms with Gasteiger partial charge in [0.25, 0.3) is 5.91 Å². The van der Waals surface area contributed by atoms with Crippen LogP contribution in [0.5, 0.6) is 5.75 Å².